The Balaban J connectivity index is 0. The Hall–Kier alpha value is -4.61. The second-order valence-corrected chi connectivity index (χ2v) is 14.0. The lowest BCUT2D eigenvalue weighted by atomic mass is 10.00. The van der Waals surface area contributed by atoms with Crippen LogP contribution < -0.4 is 0 Å². The van der Waals surface area contributed by atoms with Gasteiger partial charge in [0.2, 0.25) is 10.2 Å². The Morgan fingerprint density at radius 1 is 0.679 bits per heavy atom. The van der Waals surface area contributed by atoms with E-state index in [1.54, 1.807) is 63.2 Å². The number of hydrogen-bond acceptors (Lipinski definition) is 14. The third-order valence-corrected chi connectivity index (χ3v) is 9.24. The third-order valence-electron chi connectivity index (χ3n) is 7.47. The van der Waals surface area contributed by atoms with Crippen molar-refractivity contribution in [2.45, 2.75) is 69.8 Å². The highest BCUT2D eigenvalue weighted by atomic mass is 32.2. The molecule has 14 nitrogen and oxygen atoms in total. The summed E-state index contributed by atoms with van der Waals surface area (Å²) in [5, 5.41) is 16.0. The highest BCUT2D eigenvalue weighted by molar-refractivity contribution is 8.14. The molecule has 2 rings (SSSR count). The van der Waals surface area contributed by atoms with Gasteiger partial charge < -0.3 is 29.2 Å². The van der Waals surface area contributed by atoms with Gasteiger partial charge in [-0.1, -0.05) is 92.3 Å². The third kappa shape index (κ3) is 24.7. The molecule has 2 aromatic carbocycles. The van der Waals surface area contributed by atoms with Gasteiger partial charge in [0, 0.05) is 46.5 Å². The number of methoxy groups -OCH3 is 4. The number of rotatable bonds is 17. The second-order valence-electron chi connectivity index (χ2n) is 11.4. The average Bonchev–Trinajstić information content (AvgIpc) is 3.18. The van der Waals surface area contributed by atoms with Gasteiger partial charge in [0.1, 0.15) is 0 Å². The van der Waals surface area contributed by atoms with Crippen LogP contribution in [-0.2, 0) is 47.7 Å². The van der Waals surface area contributed by atoms with Crippen LogP contribution in [0.5, 0.6) is 0 Å². The predicted molar refractivity (Wildman–Crippen MR) is 218 cm³/mol. The molecule has 0 aliphatic heterocycles. The number of benzene rings is 2. The summed E-state index contributed by atoms with van der Waals surface area (Å²) >= 11 is 8.68. The normalized spacial score (nSPS) is 12.3. The van der Waals surface area contributed by atoms with Crippen LogP contribution in [0.3, 0.4) is 0 Å². The summed E-state index contributed by atoms with van der Waals surface area (Å²) in [4.78, 5) is 88.2. The molecule has 56 heavy (non-hydrogen) atoms. The van der Waals surface area contributed by atoms with Crippen molar-refractivity contribution in [3.63, 3.8) is 0 Å². The molecule has 17 heteroatoms. The first kappa shape index (κ1) is 53.5. The van der Waals surface area contributed by atoms with E-state index in [1.807, 2.05) is 24.3 Å². The van der Waals surface area contributed by atoms with Crippen molar-refractivity contribution in [2.24, 2.45) is 11.8 Å². The Morgan fingerprint density at radius 2 is 1.16 bits per heavy atom. The minimum Gasteiger partial charge on any atom is -0.481 e. The van der Waals surface area contributed by atoms with Gasteiger partial charge in [0.25, 0.3) is 0 Å². The number of esters is 4. The van der Waals surface area contributed by atoms with Crippen LogP contribution in [0.15, 0.2) is 72.3 Å². The van der Waals surface area contributed by atoms with Gasteiger partial charge in [-0.3, -0.25) is 33.6 Å². The first-order valence-electron chi connectivity index (χ1n) is 17.0. The van der Waals surface area contributed by atoms with Crippen molar-refractivity contribution in [1.82, 2.24) is 0 Å². The summed E-state index contributed by atoms with van der Waals surface area (Å²) in [6.45, 7) is 5.15. The molecule has 2 N–H and O–H groups in total. The lowest BCUT2D eigenvalue weighted by Gasteiger charge is -2.20. The molecule has 4 unspecified atom stereocenters. The molecule has 0 heterocycles. The standard InChI is InChI=1S/C16H20O5S.C9H14O4.C7H12O4S.C7H6OS/c1-11(22-16(19)12-7-5-4-6-8-12)13(15(18)21-3)9-10-14(17)20-2;1-4-7(9(11)13-3)5-6-8(10)12-2;1-4(12)5(7(10)11)2-3-6(8)9;8-7(9)6-4-2-1-3-5-6/h4-8,11,13H,9-10H2,1-3H3;4H,5-6H2,1-3H3;4-5,12H,2-3H2,1H3,(H,8,9)(H,10,11);1-5H,(H,8,9)/b;7-4-;;. The molecule has 310 valence electrons. The number of carbonyl (C=O) groups excluding carboxylic acids is 6. The fourth-order valence-electron chi connectivity index (χ4n) is 4.23. The Morgan fingerprint density at radius 3 is 1.54 bits per heavy atom. The van der Waals surface area contributed by atoms with E-state index in [4.69, 9.17) is 14.9 Å². The molecule has 0 aliphatic carbocycles. The fourth-order valence-corrected chi connectivity index (χ4v) is 5.68. The smallest absolute Gasteiger partial charge is 0.333 e. The monoisotopic (exact) mass is 840 g/mol. The molecule has 0 saturated heterocycles. The van der Waals surface area contributed by atoms with Gasteiger partial charge in [-0.15, -0.1) is 12.6 Å². The molecule has 0 radical (unpaired) electrons. The molecular weight excluding hydrogens is 789 g/mol. The van der Waals surface area contributed by atoms with Crippen LogP contribution in [-0.4, -0.2) is 95.2 Å². The number of carbonyl (C=O) groups is 8. The molecule has 0 spiro atoms. The molecule has 0 fully saturated rings. The number of aliphatic carboxylic acids is 2. The topological polar surface area (TPSA) is 214 Å². The molecular formula is C39H52O14S3. The number of carboxylic acids is 2. The first-order valence-corrected chi connectivity index (χ1v) is 18.9. The maximum Gasteiger partial charge on any atom is 0.333 e. The van der Waals surface area contributed by atoms with E-state index in [2.05, 4.69) is 39.5 Å². The van der Waals surface area contributed by atoms with Crippen LogP contribution in [0.1, 0.15) is 80.0 Å². The molecule has 0 amide bonds. The van der Waals surface area contributed by atoms with Crippen molar-refractivity contribution >= 4 is 83.1 Å². The quantitative estimate of drug-likeness (QED) is 0.0589. The zero-order valence-electron chi connectivity index (χ0n) is 32.5. The van der Waals surface area contributed by atoms with Crippen LogP contribution in [0.4, 0.5) is 0 Å². The van der Waals surface area contributed by atoms with Crippen molar-refractivity contribution in [3.8, 4) is 0 Å². The summed E-state index contributed by atoms with van der Waals surface area (Å²) in [5.74, 6) is -4.72. The Bertz CT molecular complexity index is 1560. The fraction of sp³-hybridized carbons (Fsp3) is 0.436. The van der Waals surface area contributed by atoms with Crippen LogP contribution >= 0.6 is 37.0 Å². The van der Waals surface area contributed by atoms with Gasteiger partial charge in [-0.2, -0.15) is 12.6 Å². The summed E-state index contributed by atoms with van der Waals surface area (Å²) in [5.41, 5.74) is 1.71. The van der Waals surface area contributed by atoms with Gasteiger partial charge in [0.05, 0.1) is 40.3 Å². The number of carboxylic acid groups (broad SMARTS) is 2. The predicted octanol–water partition coefficient (Wildman–Crippen LogP) is 6.38. The molecule has 0 bridgehead atoms. The molecule has 0 aromatic heterocycles. The van der Waals surface area contributed by atoms with Gasteiger partial charge in [-0.05, 0) is 26.2 Å². The number of thiol groups is 2. The molecule has 2 aromatic rings. The van der Waals surface area contributed by atoms with E-state index in [-0.39, 0.29) is 64.8 Å². The highest BCUT2D eigenvalue weighted by Crippen LogP contribution is 2.28. The zero-order chi connectivity index (χ0) is 43.2. The van der Waals surface area contributed by atoms with E-state index in [0.717, 1.165) is 11.8 Å². The average molecular weight is 841 g/mol. The Kier molecular flexibility index (Phi) is 30.2. The summed E-state index contributed by atoms with van der Waals surface area (Å²) in [6, 6.07) is 17.8. The number of allylic oxidation sites excluding steroid dienone is 1. The van der Waals surface area contributed by atoms with Crippen molar-refractivity contribution in [3.05, 3.63) is 83.4 Å². The van der Waals surface area contributed by atoms with E-state index < -0.39 is 35.7 Å². The van der Waals surface area contributed by atoms with E-state index in [0.29, 0.717) is 23.1 Å². The van der Waals surface area contributed by atoms with Crippen LogP contribution in [0, 0.1) is 11.8 Å². The van der Waals surface area contributed by atoms with Crippen molar-refractivity contribution in [1.29, 1.82) is 0 Å². The molecule has 0 aliphatic rings. The molecule has 0 saturated carbocycles. The number of thioether (sulfide) groups is 1. The number of ether oxygens (including phenoxy) is 4. The van der Waals surface area contributed by atoms with Gasteiger partial charge >= 0.3 is 35.8 Å². The SMILES string of the molecule is C/C=C(/CCC(=O)OC)C(=O)OC.CC(S)C(CCC(=O)O)C(=O)O.COC(=O)CCC(C(=O)OC)C(C)SC(=O)c1ccccc1.O=C(S)c1ccccc1. The summed E-state index contributed by atoms with van der Waals surface area (Å²) in [6.07, 6.45) is 2.60. The highest BCUT2D eigenvalue weighted by Gasteiger charge is 2.29. The van der Waals surface area contributed by atoms with Gasteiger partial charge in [-0.25, -0.2) is 4.79 Å². The van der Waals surface area contributed by atoms with Crippen LogP contribution in [0.2, 0.25) is 0 Å². The maximum absolute atomic E-state index is 12.2. The zero-order valence-corrected chi connectivity index (χ0v) is 35.1. The summed E-state index contributed by atoms with van der Waals surface area (Å²) < 4.78 is 18.3. The first-order chi connectivity index (χ1) is 26.4. The lowest BCUT2D eigenvalue weighted by molar-refractivity contribution is -0.147. The largest absolute Gasteiger partial charge is 0.481 e. The van der Waals surface area contributed by atoms with Crippen molar-refractivity contribution < 1.29 is 67.5 Å². The molecule has 4 atom stereocenters. The Labute approximate surface area is 342 Å². The second kappa shape index (κ2) is 31.6. The maximum atomic E-state index is 12.2. The van der Waals surface area contributed by atoms with E-state index >= 15 is 0 Å². The minimum atomic E-state index is -0.987. The number of hydrogen-bond donors (Lipinski definition) is 4. The lowest BCUT2D eigenvalue weighted by Crippen LogP contribution is -2.27. The van der Waals surface area contributed by atoms with Crippen molar-refractivity contribution in [2.75, 3.05) is 28.4 Å². The summed E-state index contributed by atoms with van der Waals surface area (Å²) in [7, 11) is 5.22. The van der Waals surface area contributed by atoms with Gasteiger partial charge in [0.15, 0.2) is 0 Å². The van der Waals surface area contributed by atoms with E-state index in [9.17, 15) is 38.4 Å². The van der Waals surface area contributed by atoms with E-state index in [1.165, 1.54) is 28.4 Å². The van der Waals surface area contributed by atoms with Crippen LogP contribution in [0.25, 0.3) is 0 Å². The minimum absolute atomic E-state index is 0.111.